The molecule has 0 heterocycles. The molecule has 0 atom stereocenters. The van der Waals surface area contributed by atoms with Gasteiger partial charge in [-0.1, -0.05) is 12.1 Å². The van der Waals surface area contributed by atoms with Gasteiger partial charge in [0.15, 0.2) is 0 Å². The highest BCUT2D eigenvalue weighted by atomic mass is 19.1. The highest BCUT2D eigenvalue weighted by Crippen LogP contribution is 2.16. The molecule has 2 rings (SSSR count). The van der Waals surface area contributed by atoms with Crippen LogP contribution in [-0.2, 0) is 6.54 Å². The van der Waals surface area contributed by atoms with Crippen LogP contribution in [0.5, 0.6) is 11.5 Å². The van der Waals surface area contributed by atoms with Crippen molar-refractivity contribution in [3.8, 4) is 11.5 Å². The molecule has 0 amide bonds. The first-order chi connectivity index (χ1) is 10.2. The molecule has 2 aromatic rings. The van der Waals surface area contributed by atoms with Crippen LogP contribution >= 0.6 is 0 Å². The summed E-state index contributed by atoms with van der Waals surface area (Å²) < 4.78 is 24.3. The Kier molecular flexibility index (Phi) is 5.58. The van der Waals surface area contributed by atoms with E-state index in [2.05, 4.69) is 0 Å². The highest BCUT2D eigenvalue weighted by Gasteiger charge is 2.00. The van der Waals surface area contributed by atoms with E-state index in [-0.39, 0.29) is 5.82 Å². The maximum absolute atomic E-state index is 13.1. The normalized spacial score (nSPS) is 10.4. The van der Waals surface area contributed by atoms with Crippen LogP contribution in [0, 0.1) is 12.7 Å². The van der Waals surface area contributed by atoms with Gasteiger partial charge in [-0.25, -0.2) is 4.39 Å². The molecule has 2 aromatic carbocycles. The highest BCUT2D eigenvalue weighted by molar-refractivity contribution is 5.29. The van der Waals surface area contributed by atoms with Gasteiger partial charge in [-0.15, -0.1) is 0 Å². The molecule has 0 aromatic heterocycles. The molecule has 0 saturated carbocycles. The quantitative estimate of drug-likeness (QED) is 0.794. The largest absolute Gasteiger partial charge is 0.493 e. The van der Waals surface area contributed by atoms with Gasteiger partial charge in [-0.2, -0.15) is 0 Å². The fourth-order valence-corrected chi connectivity index (χ4v) is 1.87. The van der Waals surface area contributed by atoms with Crippen LogP contribution in [0.4, 0.5) is 4.39 Å². The van der Waals surface area contributed by atoms with Crippen molar-refractivity contribution in [1.29, 1.82) is 0 Å². The molecular weight excluding hydrogens is 269 g/mol. The van der Waals surface area contributed by atoms with E-state index >= 15 is 0 Å². The van der Waals surface area contributed by atoms with E-state index in [9.17, 15) is 4.39 Å². The number of ether oxygens (including phenoxy) is 2. The van der Waals surface area contributed by atoms with Crippen molar-refractivity contribution in [3.63, 3.8) is 0 Å². The van der Waals surface area contributed by atoms with Gasteiger partial charge in [0.25, 0.3) is 0 Å². The summed E-state index contributed by atoms with van der Waals surface area (Å²) in [5.41, 5.74) is 7.20. The number of hydrogen-bond donors (Lipinski definition) is 1. The monoisotopic (exact) mass is 289 g/mol. The summed E-state index contributed by atoms with van der Waals surface area (Å²) in [5, 5.41) is 0. The van der Waals surface area contributed by atoms with Gasteiger partial charge in [-0.3, -0.25) is 0 Å². The molecule has 2 N–H and O–H groups in total. The minimum Gasteiger partial charge on any atom is -0.493 e. The third-order valence-electron chi connectivity index (χ3n) is 3.11. The lowest BCUT2D eigenvalue weighted by molar-refractivity contribution is 0.247. The van der Waals surface area contributed by atoms with Crippen molar-refractivity contribution >= 4 is 0 Å². The van der Waals surface area contributed by atoms with E-state index in [1.54, 1.807) is 19.1 Å². The Morgan fingerprint density at radius 3 is 2.19 bits per heavy atom. The number of benzene rings is 2. The molecule has 0 unspecified atom stereocenters. The molecule has 0 radical (unpaired) electrons. The molecule has 0 aliphatic heterocycles. The molecule has 3 nitrogen and oxygen atoms in total. The minimum atomic E-state index is -0.216. The van der Waals surface area contributed by atoms with Gasteiger partial charge in [0.2, 0.25) is 0 Å². The first kappa shape index (κ1) is 15.3. The van der Waals surface area contributed by atoms with Gasteiger partial charge in [0.1, 0.15) is 17.3 Å². The molecule has 112 valence electrons. The third-order valence-corrected chi connectivity index (χ3v) is 3.11. The molecular formula is C17H20FNO2. The Balaban J connectivity index is 1.68. The summed E-state index contributed by atoms with van der Waals surface area (Å²) in [6, 6.07) is 12.5. The third kappa shape index (κ3) is 4.76. The summed E-state index contributed by atoms with van der Waals surface area (Å²) >= 11 is 0. The molecule has 0 fully saturated rings. The summed E-state index contributed by atoms with van der Waals surface area (Å²) in [6.45, 7) is 3.36. The average Bonchev–Trinajstić information content (AvgIpc) is 2.51. The number of aryl methyl sites for hydroxylation is 1. The molecule has 0 aliphatic carbocycles. The summed E-state index contributed by atoms with van der Waals surface area (Å²) in [6.07, 6.45) is 0.759. The summed E-state index contributed by atoms with van der Waals surface area (Å²) in [4.78, 5) is 0. The Bertz CT molecular complexity index is 570. The van der Waals surface area contributed by atoms with Crippen LogP contribution in [0.2, 0.25) is 0 Å². The van der Waals surface area contributed by atoms with Crippen molar-refractivity contribution in [1.82, 2.24) is 0 Å². The fraction of sp³-hybridized carbons (Fsp3) is 0.294. The van der Waals surface area contributed by atoms with Crippen LogP contribution in [0.3, 0.4) is 0 Å². The van der Waals surface area contributed by atoms with Crippen LogP contribution in [0.15, 0.2) is 42.5 Å². The van der Waals surface area contributed by atoms with E-state index in [4.69, 9.17) is 15.2 Å². The van der Waals surface area contributed by atoms with Gasteiger partial charge in [0, 0.05) is 13.0 Å². The van der Waals surface area contributed by atoms with Crippen LogP contribution in [0.25, 0.3) is 0 Å². The second kappa shape index (κ2) is 7.64. The Morgan fingerprint density at radius 2 is 1.57 bits per heavy atom. The van der Waals surface area contributed by atoms with Gasteiger partial charge < -0.3 is 15.2 Å². The van der Waals surface area contributed by atoms with Gasteiger partial charge in [-0.05, 0) is 48.4 Å². The van der Waals surface area contributed by atoms with E-state index in [1.807, 2.05) is 24.3 Å². The van der Waals surface area contributed by atoms with E-state index < -0.39 is 0 Å². The standard InChI is InChI=1S/C17H20FNO2/c1-13-11-16(7-8-17(13)18)21-10-2-9-20-15-5-3-14(12-19)4-6-15/h3-8,11H,2,9-10,12,19H2,1H3. The lowest BCUT2D eigenvalue weighted by Gasteiger charge is -2.09. The summed E-state index contributed by atoms with van der Waals surface area (Å²) in [5.74, 6) is 1.29. The maximum Gasteiger partial charge on any atom is 0.126 e. The predicted molar refractivity (Wildman–Crippen MR) is 81.1 cm³/mol. The molecule has 0 spiro atoms. The first-order valence-corrected chi connectivity index (χ1v) is 7.00. The SMILES string of the molecule is Cc1cc(OCCCOc2ccc(CN)cc2)ccc1F. The second-order valence-corrected chi connectivity index (χ2v) is 4.81. The van der Waals surface area contributed by atoms with E-state index in [1.165, 1.54) is 6.07 Å². The molecule has 0 aliphatic rings. The van der Waals surface area contributed by atoms with E-state index in [0.29, 0.717) is 31.1 Å². The zero-order valence-corrected chi connectivity index (χ0v) is 12.1. The molecule has 0 bridgehead atoms. The van der Waals surface area contributed by atoms with Crippen molar-refractivity contribution in [2.24, 2.45) is 5.73 Å². The van der Waals surface area contributed by atoms with Crippen LogP contribution < -0.4 is 15.2 Å². The molecule has 4 heteroatoms. The average molecular weight is 289 g/mol. The van der Waals surface area contributed by atoms with Crippen molar-refractivity contribution < 1.29 is 13.9 Å². The number of hydrogen-bond acceptors (Lipinski definition) is 3. The van der Waals surface area contributed by atoms with Gasteiger partial charge >= 0.3 is 0 Å². The predicted octanol–water partition coefficient (Wildman–Crippen LogP) is 3.44. The summed E-state index contributed by atoms with van der Waals surface area (Å²) in [7, 11) is 0. The molecule has 21 heavy (non-hydrogen) atoms. The van der Waals surface area contributed by atoms with E-state index in [0.717, 1.165) is 17.7 Å². The Labute approximate surface area is 124 Å². The van der Waals surface area contributed by atoms with Crippen LogP contribution in [0.1, 0.15) is 17.5 Å². The van der Waals surface area contributed by atoms with Gasteiger partial charge in [0.05, 0.1) is 13.2 Å². The van der Waals surface area contributed by atoms with Crippen LogP contribution in [-0.4, -0.2) is 13.2 Å². The first-order valence-electron chi connectivity index (χ1n) is 7.00. The Hall–Kier alpha value is -2.07. The number of nitrogens with two attached hydrogens (primary N) is 1. The topological polar surface area (TPSA) is 44.5 Å². The van der Waals surface area contributed by atoms with Crippen molar-refractivity contribution in [3.05, 3.63) is 59.4 Å². The van der Waals surface area contributed by atoms with Crippen molar-refractivity contribution in [2.45, 2.75) is 19.9 Å². The second-order valence-electron chi connectivity index (χ2n) is 4.81. The smallest absolute Gasteiger partial charge is 0.126 e. The zero-order chi connectivity index (χ0) is 15.1. The number of rotatable bonds is 7. The maximum atomic E-state index is 13.1. The molecule has 0 saturated heterocycles. The lowest BCUT2D eigenvalue weighted by atomic mass is 10.2. The lowest BCUT2D eigenvalue weighted by Crippen LogP contribution is -2.05. The fourth-order valence-electron chi connectivity index (χ4n) is 1.87. The number of halogens is 1. The Morgan fingerprint density at radius 1 is 0.952 bits per heavy atom. The zero-order valence-electron chi connectivity index (χ0n) is 12.1. The minimum absolute atomic E-state index is 0.216. The van der Waals surface area contributed by atoms with Crippen molar-refractivity contribution in [2.75, 3.05) is 13.2 Å².